The van der Waals surface area contributed by atoms with Gasteiger partial charge in [-0.3, -0.25) is 9.79 Å². The van der Waals surface area contributed by atoms with Crippen molar-refractivity contribution in [1.29, 1.82) is 0 Å². The summed E-state index contributed by atoms with van der Waals surface area (Å²) in [5.41, 5.74) is 18.0. The summed E-state index contributed by atoms with van der Waals surface area (Å²) >= 11 is 0. The summed E-state index contributed by atoms with van der Waals surface area (Å²) in [6.07, 6.45) is 4.17. The molecule has 0 aromatic heterocycles. The largest absolute Gasteiger partial charge is 0.369 e. The van der Waals surface area contributed by atoms with E-state index in [0.29, 0.717) is 19.5 Å². The zero-order chi connectivity index (χ0) is 15.1. The van der Waals surface area contributed by atoms with Crippen LogP contribution in [0.3, 0.4) is 0 Å². The van der Waals surface area contributed by atoms with E-state index in [1.165, 1.54) is 0 Å². The first-order valence-electron chi connectivity index (χ1n) is 6.47. The van der Waals surface area contributed by atoms with Gasteiger partial charge in [0.1, 0.15) is 0 Å². The minimum Gasteiger partial charge on any atom is -0.369 e. The molecule has 3 atom stereocenters. The summed E-state index contributed by atoms with van der Waals surface area (Å²) < 4.78 is 0. The molecule has 3 unspecified atom stereocenters. The molecule has 1 rings (SSSR count). The fraction of sp³-hybridized carbons (Fsp3) is 0.727. The Morgan fingerprint density at radius 2 is 2.19 bits per heavy atom. The number of guanidine groups is 1. The van der Waals surface area contributed by atoms with Crippen LogP contribution in [0.1, 0.15) is 19.3 Å². The normalized spacial score (nSPS) is 23.2. The van der Waals surface area contributed by atoms with Gasteiger partial charge in [0.25, 0.3) is 5.96 Å². The first-order valence-corrected chi connectivity index (χ1v) is 6.47. The van der Waals surface area contributed by atoms with Crippen molar-refractivity contribution in [2.45, 2.75) is 19.3 Å². The Kier molecular flexibility index (Phi) is 9.64. The van der Waals surface area contributed by atoms with Crippen molar-refractivity contribution in [1.82, 2.24) is 5.43 Å². The van der Waals surface area contributed by atoms with Crippen molar-refractivity contribution in [2.75, 3.05) is 13.1 Å². The molecule has 1 aliphatic carbocycles. The van der Waals surface area contributed by atoms with Crippen LogP contribution in [0, 0.1) is 34.3 Å². The summed E-state index contributed by atoms with van der Waals surface area (Å²) in [7, 11) is 0. The number of nitrogens with two attached hydrogens (primary N) is 3. The first kappa shape index (κ1) is 20.2. The zero-order valence-corrected chi connectivity index (χ0v) is 14.6. The molecule has 1 saturated carbocycles. The number of hydrazine groups is 1. The second kappa shape index (κ2) is 10.0. The molecular formula is C11H21N6O3Y-. The van der Waals surface area contributed by atoms with E-state index in [2.05, 4.69) is 11.4 Å². The standard InChI is InChI=1S/C11H21N6O3.Y/c12-4-3-9(10(13)18)8-2-1-7(5-8)6-15-11(14)16-17(19)20;/h1,7-9H,2-6,12H2,(H2,13,18)(H3,14,15,16);/q-1;. The molecule has 117 valence electrons. The maximum atomic E-state index is 11.4. The second-order valence-electron chi connectivity index (χ2n) is 4.91. The third-order valence-corrected chi connectivity index (χ3v) is 3.49. The summed E-state index contributed by atoms with van der Waals surface area (Å²) in [6.45, 7) is 0.782. The first-order chi connectivity index (χ1) is 9.43. The van der Waals surface area contributed by atoms with Crippen molar-refractivity contribution in [2.24, 2.45) is 39.9 Å². The maximum Gasteiger partial charge on any atom is 0.251 e. The molecule has 0 aliphatic heterocycles. The fourth-order valence-corrected chi connectivity index (χ4v) is 2.56. The van der Waals surface area contributed by atoms with Gasteiger partial charge in [0.15, 0.2) is 5.03 Å². The average molecular weight is 374 g/mol. The Bertz CT molecular complexity index is 392. The number of carbonyl (C=O) groups is 1. The Labute approximate surface area is 148 Å². The molecular weight excluding hydrogens is 353 g/mol. The maximum absolute atomic E-state index is 11.4. The number of nitrogens with zero attached hydrogens (tertiary/aromatic N) is 2. The van der Waals surface area contributed by atoms with E-state index in [0.717, 1.165) is 12.8 Å². The molecule has 1 aliphatic rings. The van der Waals surface area contributed by atoms with Crippen molar-refractivity contribution in [3.63, 3.8) is 0 Å². The number of nitrogens with one attached hydrogen (secondary N) is 1. The van der Waals surface area contributed by atoms with Crippen molar-refractivity contribution < 1.29 is 42.5 Å². The van der Waals surface area contributed by atoms with E-state index >= 15 is 0 Å². The van der Waals surface area contributed by atoms with E-state index < -0.39 is 5.03 Å². The smallest absolute Gasteiger partial charge is 0.251 e. The molecule has 0 saturated heterocycles. The molecule has 0 spiro atoms. The summed E-state index contributed by atoms with van der Waals surface area (Å²) in [5.74, 6) is -0.458. The summed E-state index contributed by atoms with van der Waals surface area (Å²) in [5, 5.41) is 9.40. The number of aliphatic imine (C=N–C) groups is 1. The minimum atomic E-state index is -0.760. The number of rotatable bonds is 7. The molecule has 21 heavy (non-hydrogen) atoms. The van der Waals surface area contributed by atoms with Gasteiger partial charge in [-0.05, 0) is 13.0 Å². The molecule has 0 bridgehead atoms. The van der Waals surface area contributed by atoms with Crippen LogP contribution in [0.15, 0.2) is 4.99 Å². The van der Waals surface area contributed by atoms with Gasteiger partial charge in [-0.15, -0.1) is 5.92 Å². The molecule has 1 amide bonds. The van der Waals surface area contributed by atoms with E-state index in [9.17, 15) is 14.9 Å². The number of nitro groups is 1. The second-order valence-corrected chi connectivity index (χ2v) is 4.91. The predicted molar refractivity (Wildman–Crippen MR) is 73.5 cm³/mol. The Morgan fingerprint density at radius 1 is 1.52 bits per heavy atom. The van der Waals surface area contributed by atoms with Crippen LogP contribution in [0.2, 0.25) is 0 Å². The molecule has 9 nitrogen and oxygen atoms in total. The number of hydrogen-bond donors (Lipinski definition) is 4. The van der Waals surface area contributed by atoms with Gasteiger partial charge >= 0.3 is 0 Å². The number of hydrogen-bond acceptors (Lipinski definition) is 5. The molecule has 0 heterocycles. The van der Waals surface area contributed by atoms with Gasteiger partial charge < -0.3 is 23.6 Å². The van der Waals surface area contributed by atoms with Crippen molar-refractivity contribution in [3.8, 4) is 0 Å². The predicted octanol–water partition coefficient (Wildman–Crippen LogP) is -1.24. The van der Waals surface area contributed by atoms with Crippen LogP contribution in [0.4, 0.5) is 0 Å². The topological polar surface area (TPSA) is 163 Å². The molecule has 0 aromatic carbocycles. The molecule has 10 heteroatoms. The van der Waals surface area contributed by atoms with E-state index in [-0.39, 0.29) is 62.3 Å². The Hall–Kier alpha value is -0.796. The minimum absolute atomic E-state index is 0. The summed E-state index contributed by atoms with van der Waals surface area (Å²) in [4.78, 5) is 25.4. The molecule has 1 radical (unpaired) electrons. The summed E-state index contributed by atoms with van der Waals surface area (Å²) in [6, 6.07) is 0. The Balaban J connectivity index is 0.00000400. The van der Waals surface area contributed by atoms with Crippen LogP contribution in [0.25, 0.3) is 0 Å². The average Bonchev–Trinajstić information content (AvgIpc) is 2.80. The van der Waals surface area contributed by atoms with Gasteiger partial charge in [0.05, 0.1) is 0 Å². The van der Waals surface area contributed by atoms with Gasteiger partial charge in [-0.25, -0.2) is 10.1 Å². The Morgan fingerprint density at radius 3 is 2.71 bits per heavy atom. The third kappa shape index (κ3) is 7.15. The zero-order valence-electron chi connectivity index (χ0n) is 11.8. The molecule has 7 N–H and O–H groups in total. The molecule has 1 fully saturated rings. The number of carbonyl (C=O) groups excluding carboxylic acids is 1. The monoisotopic (exact) mass is 374 g/mol. The third-order valence-electron chi connectivity index (χ3n) is 3.49. The number of amides is 1. The molecule has 0 aromatic rings. The van der Waals surface area contributed by atoms with Crippen molar-refractivity contribution in [3.05, 3.63) is 16.5 Å². The van der Waals surface area contributed by atoms with E-state index in [1.807, 2.05) is 0 Å². The van der Waals surface area contributed by atoms with Crippen LogP contribution >= 0.6 is 0 Å². The van der Waals surface area contributed by atoms with Gasteiger partial charge in [0.2, 0.25) is 5.91 Å². The van der Waals surface area contributed by atoms with Crippen molar-refractivity contribution >= 4 is 11.9 Å². The van der Waals surface area contributed by atoms with Crippen LogP contribution in [-0.4, -0.2) is 30.0 Å². The van der Waals surface area contributed by atoms with E-state index in [1.54, 1.807) is 5.43 Å². The van der Waals surface area contributed by atoms with E-state index in [4.69, 9.17) is 17.2 Å². The van der Waals surface area contributed by atoms with Crippen LogP contribution in [0.5, 0.6) is 0 Å². The SMILES string of the molecule is NCCC(C(N)=O)C1C[CH-]C(CN=C(N)N[N+](=O)[O-])C1.[Y]. The number of primary amides is 1. The fourth-order valence-electron chi connectivity index (χ4n) is 2.56. The van der Waals surface area contributed by atoms with Crippen LogP contribution < -0.4 is 22.6 Å². The van der Waals surface area contributed by atoms with Gasteiger partial charge in [-0.1, -0.05) is 17.8 Å². The van der Waals surface area contributed by atoms with Crippen LogP contribution in [-0.2, 0) is 37.5 Å². The van der Waals surface area contributed by atoms with Gasteiger partial charge in [-0.2, -0.15) is 6.42 Å². The quantitative estimate of drug-likeness (QED) is 0.143. The van der Waals surface area contributed by atoms with Gasteiger partial charge in [0, 0.05) is 45.2 Å².